The van der Waals surface area contributed by atoms with Gasteiger partial charge in [-0.15, -0.1) is 0 Å². The van der Waals surface area contributed by atoms with E-state index in [1.807, 2.05) is 0 Å². The molecule has 2 saturated heterocycles. The predicted molar refractivity (Wildman–Crippen MR) is 83.4 cm³/mol. The molecule has 2 nitrogen and oxygen atoms in total. The molecule has 2 rings (SSSR count). The average Bonchev–Trinajstić information content (AvgIpc) is 2.25. The van der Waals surface area contributed by atoms with Crippen molar-refractivity contribution in [1.29, 1.82) is 0 Å². The molecule has 0 aromatic carbocycles. The van der Waals surface area contributed by atoms with E-state index in [1.165, 1.54) is 52.0 Å². The van der Waals surface area contributed by atoms with E-state index in [1.54, 1.807) is 0 Å². The second-order valence-electron chi connectivity index (χ2n) is 8.15. The lowest BCUT2D eigenvalue weighted by atomic mass is 9.86. The van der Waals surface area contributed by atoms with E-state index < -0.39 is 0 Å². The molecule has 2 heteroatoms. The highest BCUT2D eigenvalue weighted by atomic mass is 15.2. The Kier molecular flexibility index (Phi) is 4.94. The molecule has 0 aromatic heterocycles. The quantitative estimate of drug-likeness (QED) is 0.769. The fraction of sp³-hybridized carbons (Fsp3) is 1.00. The van der Waals surface area contributed by atoms with Gasteiger partial charge in [0.25, 0.3) is 0 Å². The van der Waals surface area contributed by atoms with Crippen molar-refractivity contribution in [3.8, 4) is 0 Å². The highest BCUT2D eigenvalue weighted by molar-refractivity contribution is 4.89. The molecule has 2 heterocycles. The van der Waals surface area contributed by atoms with Crippen LogP contribution in [0.4, 0.5) is 0 Å². The summed E-state index contributed by atoms with van der Waals surface area (Å²) in [5.41, 5.74) is 0.381. The minimum absolute atomic E-state index is 0.381. The molecule has 0 aromatic rings. The van der Waals surface area contributed by atoms with E-state index in [-0.39, 0.29) is 0 Å². The lowest BCUT2D eigenvalue weighted by molar-refractivity contribution is 0.00473. The molecule has 0 spiro atoms. The first kappa shape index (κ1) is 15.3. The van der Waals surface area contributed by atoms with Crippen molar-refractivity contribution in [2.45, 2.75) is 59.4 Å². The van der Waals surface area contributed by atoms with Crippen molar-refractivity contribution in [3.05, 3.63) is 0 Å². The van der Waals surface area contributed by atoms with Gasteiger partial charge in [0.2, 0.25) is 0 Å². The van der Waals surface area contributed by atoms with E-state index in [2.05, 4.69) is 44.4 Å². The second-order valence-corrected chi connectivity index (χ2v) is 8.15. The van der Waals surface area contributed by atoms with Crippen LogP contribution in [0.2, 0.25) is 0 Å². The Labute approximate surface area is 120 Å². The van der Waals surface area contributed by atoms with Crippen LogP contribution >= 0.6 is 0 Å². The van der Waals surface area contributed by atoms with Gasteiger partial charge in [-0.1, -0.05) is 13.8 Å². The van der Waals surface area contributed by atoms with Crippen molar-refractivity contribution >= 4 is 0 Å². The van der Waals surface area contributed by atoms with E-state index in [0.29, 0.717) is 5.54 Å². The third kappa shape index (κ3) is 4.19. The fourth-order valence-electron chi connectivity index (χ4n) is 3.51. The van der Waals surface area contributed by atoms with Crippen molar-refractivity contribution in [2.75, 3.05) is 32.7 Å². The third-order valence-corrected chi connectivity index (χ3v) is 5.33. The first-order valence-corrected chi connectivity index (χ1v) is 8.33. The maximum atomic E-state index is 2.71. The molecule has 0 bridgehead atoms. The third-order valence-electron chi connectivity index (χ3n) is 5.33. The van der Waals surface area contributed by atoms with Crippen LogP contribution in [0.15, 0.2) is 0 Å². The van der Waals surface area contributed by atoms with Crippen LogP contribution in [0.25, 0.3) is 0 Å². The van der Waals surface area contributed by atoms with Gasteiger partial charge in [-0.05, 0) is 77.4 Å². The Morgan fingerprint density at radius 1 is 1.05 bits per heavy atom. The summed E-state index contributed by atoms with van der Waals surface area (Å²) < 4.78 is 0. The topological polar surface area (TPSA) is 6.48 Å². The molecule has 0 N–H and O–H groups in total. The largest absolute Gasteiger partial charge is 0.303 e. The Balaban J connectivity index is 1.59. The first-order chi connectivity index (χ1) is 8.86. The van der Waals surface area contributed by atoms with Crippen LogP contribution in [-0.2, 0) is 0 Å². The van der Waals surface area contributed by atoms with E-state index in [0.717, 1.165) is 17.8 Å². The zero-order valence-corrected chi connectivity index (χ0v) is 13.8. The van der Waals surface area contributed by atoms with Crippen molar-refractivity contribution in [1.82, 2.24) is 9.80 Å². The molecule has 0 aliphatic carbocycles. The maximum absolute atomic E-state index is 2.71. The highest BCUT2D eigenvalue weighted by Gasteiger charge is 2.34. The molecule has 0 atom stereocenters. The van der Waals surface area contributed by atoms with Crippen LogP contribution in [0.3, 0.4) is 0 Å². The summed E-state index contributed by atoms with van der Waals surface area (Å²) in [5, 5.41) is 0. The summed E-state index contributed by atoms with van der Waals surface area (Å²) in [6.07, 6.45) is 4.27. The Morgan fingerprint density at radius 2 is 1.63 bits per heavy atom. The molecule has 2 aliphatic rings. The Bertz CT molecular complexity index is 265. The molecule has 2 aliphatic heterocycles. The van der Waals surface area contributed by atoms with Gasteiger partial charge in [0, 0.05) is 18.6 Å². The van der Waals surface area contributed by atoms with Crippen molar-refractivity contribution in [2.24, 2.45) is 17.8 Å². The normalized spacial score (nSPS) is 24.9. The van der Waals surface area contributed by atoms with Crippen LogP contribution in [0, 0.1) is 17.8 Å². The van der Waals surface area contributed by atoms with Gasteiger partial charge in [0.05, 0.1) is 0 Å². The van der Waals surface area contributed by atoms with E-state index >= 15 is 0 Å². The highest BCUT2D eigenvalue weighted by Crippen LogP contribution is 2.29. The zero-order chi connectivity index (χ0) is 14.0. The second kappa shape index (κ2) is 6.13. The monoisotopic (exact) mass is 266 g/mol. The maximum Gasteiger partial charge on any atom is 0.0125 e. The summed E-state index contributed by atoms with van der Waals surface area (Å²) in [6, 6.07) is 0. The number of rotatable bonds is 4. The minimum atomic E-state index is 0.381. The minimum Gasteiger partial charge on any atom is -0.303 e. The van der Waals surface area contributed by atoms with Crippen molar-refractivity contribution in [3.63, 3.8) is 0 Å². The molecule has 0 radical (unpaired) electrons. The lowest BCUT2D eigenvalue weighted by Gasteiger charge is -2.48. The van der Waals surface area contributed by atoms with Crippen molar-refractivity contribution < 1.29 is 0 Å². The fourth-order valence-corrected chi connectivity index (χ4v) is 3.51. The molecular weight excluding hydrogens is 232 g/mol. The molecule has 2 fully saturated rings. The van der Waals surface area contributed by atoms with Crippen LogP contribution in [0.5, 0.6) is 0 Å². The number of nitrogens with zero attached hydrogens (tertiary/aromatic N) is 2. The number of hydrogen-bond acceptors (Lipinski definition) is 2. The molecule has 0 amide bonds. The molecule has 112 valence electrons. The number of piperidine rings is 1. The average molecular weight is 266 g/mol. The van der Waals surface area contributed by atoms with Gasteiger partial charge in [0.15, 0.2) is 0 Å². The van der Waals surface area contributed by atoms with Gasteiger partial charge >= 0.3 is 0 Å². The summed E-state index contributed by atoms with van der Waals surface area (Å²) >= 11 is 0. The van der Waals surface area contributed by atoms with Gasteiger partial charge in [-0.25, -0.2) is 0 Å². The summed E-state index contributed by atoms with van der Waals surface area (Å²) in [7, 11) is 0. The Morgan fingerprint density at radius 3 is 2.11 bits per heavy atom. The van der Waals surface area contributed by atoms with Crippen LogP contribution in [-0.4, -0.2) is 48.1 Å². The van der Waals surface area contributed by atoms with Gasteiger partial charge < -0.3 is 4.90 Å². The molecule has 0 unspecified atom stereocenters. The van der Waals surface area contributed by atoms with Crippen LogP contribution < -0.4 is 0 Å². The van der Waals surface area contributed by atoms with Crippen LogP contribution in [0.1, 0.15) is 53.9 Å². The lowest BCUT2D eigenvalue weighted by Crippen LogP contribution is -2.56. The SMILES string of the molecule is CC(C)C1CCN(CCC2CN(C(C)(C)C)C2)CC1. The van der Waals surface area contributed by atoms with E-state index in [4.69, 9.17) is 0 Å². The zero-order valence-electron chi connectivity index (χ0n) is 13.8. The standard InChI is InChI=1S/C17H34N2/c1-14(2)16-7-10-18(11-8-16)9-6-15-12-19(13-15)17(3,4)5/h14-16H,6-13H2,1-5H3. The molecule has 19 heavy (non-hydrogen) atoms. The smallest absolute Gasteiger partial charge is 0.0125 e. The predicted octanol–water partition coefficient (Wildman–Crippen LogP) is 3.47. The molecular formula is C17H34N2. The van der Waals surface area contributed by atoms with Gasteiger partial charge in [-0.3, -0.25) is 4.90 Å². The van der Waals surface area contributed by atoms with Gasteiger partial charge in [0.1, 0.15) is 0 Å². The number of likely N-dealkylation sites (tertiary alicyclic amines) is 2. The summed E-state index contributed by atoms with van der Waals surface area (Å²) in [6.45, 7) is 18.5. The number of hydrogen-bond donors (Lipinski definition) is 0. The van der Waals surface area contributed by atoms with E-state index in [9.17, 15) is 0 Å². The molecule has 0 saturated carbocycles. The summed E-state index contributed by atoms with van der Waals surface area (Å²) in [4.78, 5) is 5.32. The summed E-state index contributed by atoms with van der Waals surface area (Å²) in [5.74, 6) is 2.83. The Hall–Kier alpha value is -0.0800. The first-order valence-electron chi connectivity index (χ1n) is 8.33. The van der Waals surface area contributed by atoms with Gasteiger partial charge in [-0.2, -0.15) is 0 Å².